The van der Waals surface area contributed by atoms with E-state index in [0.29, 0.717) is 11.6 Å². The van der Waals surface area contributed by atoms with Crippen molar-refractivity contribution in [2.45, 2.75) is 33.7 Å². The maximum absolute atomic E-state index is 11.7. The Kier molecular flexibility index (Phi) is 5.54. The second-order valence-corrected chi connectivity index (χ2v) is 4.61. The topological polar surface area (TPSA) is 76.1 Å². The first-order valence-corrected chi connectivity index (χ1v) is 6.41. The third-order valence-corrected chi connectivity index (χ3v) is 2.62. The number of aromatic nitrogens is 2. The van der Waals surface area contributed by atoms with Crippen LogP contribution in [0, 0.1) is 12.8 Å². The lowest BCUT2D eigenvalue weighted by atomic mass is 10.0. The largest absolute Gasteiger partial charge is 0.467 e. The molecule has 1 rings (SSSR count). The van der Waals surface area contributed by atoms with Crippen LogP contribution in [0.1, 0.15) is 26.6 Å². The van der Waals surface area contributed by atoms with Gasteiger partial charge in [0.1, 0.15) is 23.5 Å². The molecule has 6 nitrogen and oxygen atoms in total. The summed E-state index contributed by atoms with van der Waals surface area (Å²) >= 11 is 0. The number of rotatable bonds is 6. The van der Waals surface area contributed by atoms with Gasteiger partial charge in [0.05, 0.1) is 7.11 Å². The van der Waals surface area contributed by atoms with Crippen molar-refractivity contribution in [3.05, 3.63) is 11.9 Å². The predicted octanol–water partition coefficient (Wildman–Crippen LogP) is 1.83. The van der Waals surface area contributed by atoms with Crippen LogP contribution in [0.4, 0.5) is 11.6 Å². The van der Waals surface area contributed by atoms with Crippen LogP contribution < -0.4 is 10.6 Å². The third-order valence-electron chi connectivity index (χ3n) is 2.62. The van der Waals surface area contributed by atoms with Crippen LogP contribution >= 0.6 is 0 Å². The zero-order chi connectivity index (χ0) is 14.4. The molecule has 0 saturated heterocycles. The van der Waals surface area contributed by atoms with E-state index in [-0.39, 0.29) is 11.9 Å². The number of esters is 1. The summed E-state index contributed by atoms with van der Waals surface area (Å²) in [6, 6.07) is 1.36. The summed E-state index contributed by atoms with van der Waals surface area (Å²) < 4.78 is 4.79. The summed E-state index contributed by atoms with van der Waals surface area (Å²) in [4.78, 5) is 20.3. The van der Waals surface area contributed by atoms with Crippen molar-refractivity contribution in [3.8, 4) is 0 Å². The van der Waals surface area contributed by atoms with E-state index in [1.165, 1.54) is 7.11 Å². The van der Waals surface area contributed by atoms with Crippen LogP contribution in [-0.4, -0.2) is 35.6 Å². The average Bonchev–Trinajstić information content (AvgIpc) is 2.34. The Morgan fingerprint density at radius 3 is 2.53 bits per heavy atom. The Bertz CT molecular complexity index is 435. The van der Waals surface area contributed by atoms with Crippen molar-refractivity contribution < 1.29 is 9.53 Å². The number of aryl methyl sites for hydroxylation is 1. The zero-order valence-corrected chi connectivity index (χ0v) is 12.2. The van der Waals surface area contributed by atoms with Gasteiger partial charge in [0.2, 0.25) is 0 Å². The van der Waals surface area contributed by atoms with Crippen molar-refractivity contribution in [1.29, 1.82) is 0 Å². The van der Waals surface area contributed by atoms with Gasteiger partial charge in [-0.05, 0) is 19.8 Å². The number of carbonyl (C=O) groups excluding carboxylic acids is 1. The number of nitrogens with zero attached hydrogens (tertiary/aromatic N) is 2. The smallest absolute Gasteiger partial charge is 0.328 e. The molecule has 0 bridgehead atoms. The summed E-state index contributed by atoms with van der Waals surface area (Å²) in [6.07, 6.45) is 0. The highest BCUT2D eigenvalue weighted by Crippen LogP contribution is 2.15. The van der Waals surface area contributed by atoms with E-state index >= 15 is 0 Å². The number of carbonyl (C=O) groups is 1. The second-order valence-electron chi connectivity index (χ2n) is 4.61. The summed E-state index contributed by atoms with van der Waals surface area (Å²) in [5, 5.41) is 6.23. The first-order valence-electron chi connectivity index (χ1n) is 6.41. The van der Waals surface area contributed by atoms with Crippen molar-refractivity contribution in [1.82, 2.24) is 9.97 Å². The highest BCUT2D eigenvalue weighted by atomic mass is 16.5. The van der Waals surface area contributed by atoms with Crippen molar-refractivity contribution in [2.24, 2.45) is 5.92 Å². The maximum atomic E-state index is 11.7. The van der Waals surface area contributed by atoms with Crippen LogP contribution in [-0.2, 0) is 9.53 Å². The summed E-state index contributed by atoms with van der Waals surface area (Å²) in [5.41, 5.74) is 0. The molecule has 0 fully saturated rings. The monoisotopic (exact) mass is 266 g/mol. The molecule has 1 atom stereocenters. The van der Waals surface area contributed by atoms with Crippen LogP contribution in [0.3, 0.4) is 0 Å². The van der Waals surface area contributed by atoms with Gasteiger partial charge in [0.15, 0.2) is 0 Å². The van der Waals surface area contributed by atoms with Crippen molar-refractivity contribution in [3.63, 3.8) is 0 Å². The first-order chi connectivity index (χ1) is 8.97. The Morgan fingerprint density at radius 2 is 2.00 bits per heavy atom. The van der Waals surface area contributed by atoms with Crippen LogP contribution in [0.15, 0.2) is 6.07 Å². The lowest BCUT2D eigenvalue weighted by Gasteiger charge is -2.20. The Hall–Kier alpha value is -1.85. The van der Waals surface area contributed by atoms with Gasteiger partial charge in [0, 0.05) is 12.6 Å². The van der Waals surface area contributed by atoms with E-state index in [2.05, 4.69) is 20.6 Å². The molecule has 0 amide bonds. The number of ether oxygens (including phenoxy) is 1. The van der Waals surface area contributed by atoms with Gasteiger partial charge in [-0.15, -0.1) is 0 Å². The molecule has 106 valence electrons. The fraction of sp³-hybridized carbons (Fsp3) is 0.615. The quantitative estimate of drug-likeness (QED) is 0.765. The first kappa shape index (κ1) is 15.2. The minimum atomic E-state index is -0.422. The Balaban J connectivity index is 2.92. The van der Waals surface area contributed by atoms with Gasteiger partial charge >= 0.3 is 5.97 Å². The van der Waals surface area contributed by atoms with E-state index in [0.717, 1.165) is 12.4 Å². The summed E-state index contributed by atoms with van der Waals surface area (Å²) in [7, 11) is 1.38. The van der Waals surface area contributed by atoms with Crippen LogP contribution in [0.2, 0.25) is 0 Å². The molecule has 0 aliphatic rings. The number of hydrogen-bond donors (Lipinski definition) is 2. The minimum absolute atomic E-state index is 0.102. The minimum Gasteiger partial charge on any atom is -0.467 e. The molecule has 1 aromatic heterocycles. The van der Waals surface area contributed by atoms with Crippen molar-refractivity contribution in [2.75, 3.05) is 24.3 Å². The zero-order valence-electron chi connectivity index (χ0n) is 12.2. The van der Waals surface area contributed by atoms with Gasteiger partial charge in [0.25, 0.3) is 0 Å². The van der Waals surface area contributed by atoms with Gasteiger partial charge < -0.3 is 15.4 Å². The van der Waals surface area contributed by atoms with Crippen LogP contribution in [0.5, 0.6) is 0 Å². The van der Waals surface area contributed by atoms with E-state index in [4.69, 9.17) is 4.74 Å². The molecule has 0 saturated carbocycles. The molecule has 6 heteroatoms. The van der Waals surface area contributed by atoms with Gasteiger partial charge in [-0.3, -0.25) is 0 Å². The third kappa shape index (κ3) is 4.39. The highest BCUT2D eigenvalue weighted by Gasteiger charge is 2.23. The average molecular weight is 266 g/mol. The fourth-order valence-corrected chi connectivity index (χ4v) is 1.70. The molecule has 19 heavy (non-hydrogen) atoms. The van der Waals surface area contributed by atoms with Crippen molar-refractivity contribution >= 4 is 17.6 Å². The highest BCUT2D eigenvalue weighted by molar-refractivity contribution is 5.79. The number of nitrogens with one attached hydrogen (secondary N) is 2. The number of anilines is 2. The maximum Gasteiger partial charge on any atom is 0.328 e. The molecule has 0 radical (unpaired) electrons. The van der Waals surface area contributed by atoms with Gasteiger partial charge in [-0.2, -0.15) is 0 Å². The molecule has 0 aliphatic carbocycles. The number of hydrogen-bond acceptors (Lipinski definition) is 6. The van der Waals surface area contributed by atoms with E-state index < -0.39 is 6.04 Å². The SMILES string of the molecule is CCNc1cc(NC(C(=O)OC)C(C)C)nc(C)n1. The molecule has 1 unspecified atom stereocenters. The second kappa shape index (κ2) is 6.92. The normalized spacial score (nSPS) is 12.1. The Labute approximate surface area is 114 Å². The fourth-order valence-electron chi connectivity index (χ4n) is 1.70. The Morgan fingerprint density at radius 1 is 1.37 bits per heavy atom. The van der Waals surface area contributed by atoms with E-state index in [1.54, 1.807) is 6.07 Å². The lowest BCUT2D eigenvalue weighted by Crippen LogP contribution is -2.35. The summed E-state index contributed by atoms with van der Waals surface area (Å²) in [5.74, 6) is 1.81. The summed E-state index contributed by atoms with van der Waals surface area (Å²) in [6.45, 7) is 8.49. The molecular weight excluding hydrogens is 244 g/mol. The molecule has 0 spiro atoms. The lowest BCUT2D eigenvalue weighted by molar-refractivity contribution is -0.142. The standard InChI is InChI=1S/C13H22N4O2/c1-6-14-10-7-11(16-9(4)15-10)17-12(8(2)3)13(18)19-5/h7-8,12H,6H2,1-5H3,(H2,14,15,16,17). The van der Waals surface area contributed by atoms with Gasteiger partial charge in [-0.1, -0.05) is 13.8 Å². The predicted molar refractivity (Wildman–Crippen MR) is 75.2 cm³/mol. The molecule has 0 aliphatic heterocycles. The molecular formula is C13H22N4O2. The molecule has 0 aromatic carbocycles. The molecule has 2 N–H and O–H groups in total. The molecule has 1 aromatic rings. The van der Waals surface area contributed by atoms with Gasteiger partial charge in [-0.25, -0.2) is 14.8 Å². The number of methoxy groups -OCH3 is 1. The molecule has 1 heterocycles. The van der Waals surface area contributed by atoms with Crippen LogP contribution in [0.25, 0.3) is 0 Å². The van der Waals surface area contributed by atoms with E-state index in [1.807, 2.05) is 27.7 Å². The van der Waals surface area contributed by atoms with E-state index in [9.17, 15) is 4.79 Å².